The van der Waals surface area contributed by atoms with E-state index < -0.39 is 5.97 Å². The lowest BCUT2D eigenvalue weighted by atomic mass is 9.44. The number of hydrogen-bond donors (Lipinski definition) is 2. The molecule has 5 aliphatic carbocycles. The van der Waals surface area contributed by atoms with Crippen LogP contribution in [0, 0.1) is 40.4 Å². The predicted octanol–water partition coefficient (Wildman–Crippen LogP) is 6.53. The van der Waals surface area contributed by atoms with E-state index in [1.165, 1.54) is 24.0 Å². The molecule has 7 atom stereocenters. The lowest BCUT2D eigenvalue weighted by Crippen LogP contribution is -2.53. The minimum absolute atomic E-state index is 0.139. The maximum absolute atomic E-state index is 12.0. The van der Waals surface area contributed by atoms with E-state index in [0.29, 0.717) is 35.7 Å². The Morgan fingerprint density at radius 3 is 2.38 bits per heavy atom. The first-order chi connectivity index (χ1) is 16.2. The van der Waals surface area contributed by atoms with Crippen LogP contribution >= 0.6 is 0 Å². The summed E-state index contributed by atoms with van der Waals surface area (Å²) in [7, 11) is 1.83. The van der Waals surface area contributed by atoms with Crippen molar-refractivity contribution in [1.29, 1.82) is 0 Å². The van der Waals surface area contributed by atoms with Crippen LogP contribution in [0.1, 0.15) is 97.8 Å². The molecule has 0 aromatic rings. The van der Waals surface area contributed by atoms with Crippen LogP contribution < -0.4 is 0 Å². The highest BCUT2D eigenvalue weighted by Crippen LogP contribution is 2.69. The smallest absolute Gasteiger partial charge is 0.307 e. The van der Waals surface area contributed by atoms with Gasteiger partial charge in [-0.2, -0.15) is 0 Å². The molecule has 2 N–H and O–H groups in total. The van der Waals surface area contributed by atoms with Crippen LogP contribution in [0.15, 0.2) is 22.8 Å². The van der Waals surface area contributed by atoms with Crippen LogP contribution in [-0.2, 0) is 9.53 Å². The molecule has 0 radical (unpaired) electrons. The molecular weight excluding hydrogens is 424 g/mol. The number of aliphatic carboxylic acids is 1. The van der Waals surface area contributed by atoms with Crippen LogP contribution in [0.4, 0.5) is 0 Å². The molecule has 34 heavy (non-hydrogen) atoms. The third-order valence-electron chi connectivity index (χ3n) is 11.4. The Hall–Kier alpha value is -1.13. The fourth-order valence-electron chi connectivity index (χ4n) is 9.70. The Morgan fingerprint density at radius 2 is 1.74 bits per heavy atom. The highest BCUT2D eigenvalue weighted by Gasteiger charge is 2.60. The summed E-state index contributed by atoms with van der Waals surface area (Å²) in [5.74, 6) is 2.27. The Balaban J connectivity index is 1.51. The number of carboxylic acid groups (broad SMARTS) is 1. The normalized spacial score (nSPS) is 46.4. The van der Waals surface area contributed by atoms with Gasteiger partial charge >= 0.3 is 5.97 Å². The molecule has 190 valence electrons. The van der Waals surface area contributed by atoms with E-state index in [1.54, 1.807) is 5.57 Å². The summed E-state index contributed by atoms with van der Waals surface area (Å²) in [4.78, 5) is 12.0. The number of carboxylic acids is 1. The second-order valence-corrected chi connectivity index (χ2v) is 12.8. The quantitative estimate of drug-likeness (QED) is 0.448. The van der Waals surface area contributed by atoms with E-state index in [-0.39, 0.29) is 23.4 Å². The van der Waals surface area contributed by atoms with Gasteiger partial charge in [0.05, 0.1) is 18.6 Å². The molecule has 2 unspecified atom stereocenters. The fourth-order valence-corrected chi connectivity index (χ4v) is 9.70. The summed E-state index contributed by atoms with van der Waals surface area (Å²) >= 11 is 0. The van der Waals surface area contributed by atoms with E-state index in [2.05, 4.69) is 26.8 Å². The van der Waals surface area contributed by atoms with Crippen molar-refractivity contribution < 1.29 is 19.7 Å². The number of allylic oxidation sites excluding steroid dienone is 2. The van der Waals surface area contributed by atoms with E-state index in [4.69, 9.17) is 4.74 Å². The molecular formula is C30H46O4. The van der Waals surface area contributed by atoms with Crippen molar-refractivity contribution in [2.24, 2.45) is 40.4 Å². The molecule has 0 aliphatic heterocycles. The standard InChI is InChI=1S/C30H46O4/c1-5-18-14-21-17-22(31)10-12-29(21,2)24-11-13-30(3)25(27(18)24)15-20(16-26(32)33)28(30)19-6-8-23(34-4)9-7-19/h14,18-19,22-25,27,31H,5-13,15-17H2,1-4H3,(H,32,33)/t18?,19?,22?,23?,24-,25+,27-,29+,30+/m1/s1. The largest absolute Gasteiger partial charge is 0.481 e. The highest BCUT2D eigenvalue weighted by atomic mass is 16.5. The fraction of sp³-hybridized carbons (Fsp3) is 0.833. The number of ether oxygens (including phenoxy) is 1. The van der Waals surface area contributed by atoms with Gasteiger partial charge in [0.25, 0.3) is 0 Å². The molecule has 3 saturated carbocycles. The highest BCUT2D eigenvalue weighted by molar-refractivity contribution is 5.71. The first-order valence-corrected chi connectivity index (χ1v) is 14.1. The zero-order chi connectivity index (χ0) is 24.3. The zero-order valence-corrected chi connectivity index (χ0v) is 21.8. The Bertz CT molecular complexity index is 865. The Kier molecular flexibility index (Phi) is 6.55. The molecule has 5 aliphatic rings. The van der Waals surface area contributed by atoms with Crippen molar-refractivity contribution in [2.45, 2.75) is 110 Å². The second kappa shape index (κ2) is 9.07. The number of methoxy groups -OCH3 is 1. The van der Waals surface area contributed by atoms with Crippen LogP contribution in [0.25, 0.3) is 0 Å². The van der Waals surface area contributed by atoms with Gasteiger partial charge in [-0.3, -0.25) is 4.79 Å². The van der Waals surface area contributed by atoms with Crippen molar-refractivity contribution in [3.05, 3.63) is 22.8 Å². The van der Waals surface area contributed by atoms with Crippen molar-refractivity contribution >= 4 is 5.97 Å². The van der Waals surface area contributed by atoms with Crippen molar-refractivity contribution in [3.8, 4) is 0 Å². The number of carbonyl (C=O) groups is 1. The van der Waals surface area contributed by atoms with Gasteiger partial charge in [0.15, 0.2) is 0 Å². The van der Waals surface area contributed by atoms with Gasteiger partial charge in [0, 0.05) is 7.11 Å². The summed E-state index contributed by atoms with van der Waals surface area (Å²) in [6.45, 7) is 7.34. The second-order valence-electron chi connectivity index (χ2n) is 12.8. The zero-order valence-electron chi connectivity index (χ0n) is 21.8. The summed E-state index contributed by atoms with van der Waals surface area (Å²) in [6.07, 6.45) is 14.9. The maximum Gasteiger partial charge on any atom is 0.307 e. The van der Waals surface area contributed by atoms with Crippen LogP contribution in [0.3, 0.4) is 0 Å². The summed E-state index contributed by atoms with van der Waals surface area (Å²) in [6, 6.07) is 0. The SMILES string of the molecule is CCC1C=C2CC(O)CC[C@]2(C)[C@@H]2CC[C@]3(C)C(C4CCC(OC)CC4)=C(CC(=O)O)C[C@H]3[C@H]12. The summed E-state index contributed by atoms with van der Waals surface area (Å²) in [5, 5.41) is 20.3. The summed E-state index contributed by atoms with van der Waals surface area (Å²) < 4.78 is 5.66. The Labute approximate surface area is 206 Å². The van der Waals surface area contributed by atoms with E-state index in [0.717, 1.165) is 57.8 Å². The number of aliphatic hydroxyl groups is 1. The lowest BCUT2D eigenvalue weighted by molar-refractivity contribution is -0.136. The van der Waals surface area contributed by atoms with Gasteiger partial charge in [0.1, 0.15) is 0 Å². The molecule has 4 heteroatoms. The molecule has 5 rings (SSSR count). The molecule has 0 aromatic heterocycles. The third kappa shape index (κ3) is 3.82. The molecule has 4 nitrogen and oxygen atoms in total. The van der Waals surface area contributed by atoms with Crippen LogP contribution in [-0.4, -0.2) is 35.5 Å². The van der Waals surface area contributed by atoms with Crippen molar-refractivity contribution in [1.82, 2.24) is 0 Å². The lowest BCUT2D eigenvalue weighted by Gasteiger charge is -2.60. The number of aliphatic hydroxyl groups excluding tert-OH is 1. The first-order valence-electron chi connectivity index (χ1n) is 14.1. The van der Waals surface area contributed by atoms with Gasteiger partial charge < -0.3 is 14.9 Å². The molecule has 0 aromatic carbocycles. The Morgan fingerprint density at radius 1 is 1.03 bits per heavy atom. The van der Waals surface area contributed by atoms with Crippen LogP contribution in [0.5, 0.6) is 0 Å². The number of rotatable bonds is 5. The van der Waals surface area contributed by atoms with Crippen molar-refractivity contribution in [2.75, 3.05) is 7.11 Å². The van der Waals surface area contributed by atoms with Crippen LogP contribution in [0.2, 0.25) is 0 Å². The van der Waals surface area contributed by atoms with E-state index in [1.807, 2.05) is 7.11 Å². The van der Waals surface area contributed by atoms with E-state index >= 15 is 0 Å². The maximum atomic E-state index is 12.0. The average molecular weight is 471 g/mol. The van der Waals surface area contributed by atoms with Crippen molar-refractivity contribution in [3.63, 3.8) is 0 Å². The molecule has 3 fully saturated rings. The monoisotopic (exact) mass is 470 g/mol. The summed E-state index contributed by atoms with van der Waals surface area (Å²) in [5.41, 5.74) is 4.71. The first kappa shape index (κ1) is 24.6. The van der Waals surface area contributed by atoms with Gasteiger partial charge in [-0.05, 0) is 111 Å². The van der Waals surface area contributed by atoms with Gasteiger partial charge in [-0.1, -0.05) is 43.6 Å². The number of fused-ring (bicyclic) bond motifs is 5. The molecule has 0 saturated heterocycles. The minimum Gasteiger partial charge on any atom is -0.481 e. The topological polar surface area (TPSA) is 66.8 Å². The molecule has 0 heterocycles. The number of hydrogen-bond acceptors (Lipinski definition) is 3. The predicted molar refractivity (Wildman–Crippen MR) is 134 cm³/mol. The molecule has 0 bridgehead atoms. The molecule has 0 spiro atoms. The van der Waals surface area contributed by atoms with E-state index in [9.17, 15) is 15.0 Å². The van der Waals surface area contributed by atoms with Gasteiger partial charge in [-0.25, -0.2) is 0 Å². The van der Waals surface area contributed by atoms with Gasteiger partial charge in [-0.15, -0.1) is 0 Å². The molecule has 0 amide bonds. The average Bonchev–Trinajstić information content (AvgIpc) is 3.10. The third-order valence-corrected chi connectivity index (χ3v) is 11.4. The minimum atomic E-state index is -0.664. The van der Waals surface area contributed by atoms with Gasteiger partial charge in [0.2, 0.25) is 0 Å².